The average Bonchev–Trinajstić information content (AvgIpc) is 3.29. The fraction of sp³-hybridized carbons (Fsp3) is 0.520. The summed E-state index contributed by atoms with van der Waals surface area (Å²) in [5, 5.41) is 41.2. The molecule has 1 saturated heterocycles. The molecule has 2 aromatic carbocycles. The lowest BCUT2D eigenvalue weighted by atomic mass is 9.87. The number of rotatable bonds is 6. The van der Waals surface area contributed by atoms with Crippen LogP contribution in [0, 0.1) is 0 Å². The van der Waals surface area contributed by atoms with Gasteiger partial charge in [-0.05, 0) is 54.5 Å². The first-order chi connectivity index (χ1) is 16.0. The summed E-state index contributed by atoms with van der Waals surface area (Å²) < 4.78 is 17.6. The maximum Gasteiger partial charge on any atom is 0.141 e. The summed E-state index contributed by atoms with van der Waals surface area (Å²) in [6.07, 6.45) is -1.24. The molecule has 7 nitrogen and oxygen atoms in total. The minimum Gasteiger partial charge on any atom is -0.491 e. The van der Waals surface area contributed by atoms with Crippen LogP contribution in [0.5, 0.6) is 11.5 Å². The first-order valence-corrected chi connectivity index (χ1v) is 11.9. The van der Waals surface area contributed by atoms with Gasteiger partial charge in [0.15, 0.2) is 0 Å². The first-order valence-electron chi connectivity index (χ1n) is 11.5. The van der Waals surface area contributed by atoms with Crippen molar-refractivity contribution in [1.82, 2.24) is 0 Å². The maximum absolute atomic E-state index is 10.7. The van der Waals surface area contributed by atoms with Gasteiger partial charge in [0.25, 0.3) is 0 Å². The highest BCUT2D eigenvalue weighted by atomic mass is 35.5. The minimum absolute atomic E-state index is 0.320. The number of hydrogen-bond acceptors (Lipinski definition) is 7. The maximum atomic E-state index is 10.7. The lowest BCUT2D eigenvalue weighted by Crippen LogP contribution is -2.55. The predicted octanol–water partition coefficient (Wildman–Crippen LogP) is 2.31. The van der Waals surface area contributed by atoms with E-state index < -0.39 is 37.1 Å². The van der Waals surface area contributed by atoms with Crippen molar-refractivity contribution in [3.63, 3.8) is 0 Å². The van der Waals surface area contributed by atoms with E-state index in [-0.39, 0.29) is 0 Å². The van der Waals surface area contributed by atoms with Crippen LogP contribution in [0.2, 0.25) is 5.02 Å². The van der Waals surface area contributed by atoms with Crippen molar-refractivity contribution in [3.05, 3.63) is 57.6 Å². The van der Waals surface area contributed by atoms with Gasteiger partial charge in [0.2, 0.25) is 0 Å². The molecule has 0 radical (unpaired) electrons. The molecule has 1 saturated carbocycles. The van der Waals surface area contributed by atoms with Crippen molar-refractivity contribution < 1.29 is 34.6 Å². The Bertz CT molecular complexity index is 989. The van der Waals surface area contributed by atoms with Crippen molar-refractivity contribution in [2.75, 3.05) is 13.2 Å². The Morgan fingerprint density at radius 1 is 1.03 bits per heavy atom. The number of aliphatic hydroxyl groups excluding tert-OH is 4. The van der Waals surface area contributed by atoms with Gasteiger partial charge in [-0.1, -0.05) is 29.8 Å². The summed E-state index contributed by atoms with van der Waals surface area (Å²) in [6, 6.07) is 9.81. The van der Waals surface area contributed by atoms with E-state index in [4.69, 9.17) is 25.8 Å². The van der Waals surface area contributed by atoms with Gasteiger partial charge in [0, 0.05) is 12.0 Å². The molecule has 2 fully saturated rings. The zero-order valence-electron chi connectivity index (χ0n) is 18.2. The SMILES string of the molecule is OC[C@H]1O[C@@H](c2cc(Cc3ccc(OC4CCC4)cc3)c(Cl)c3c2CCO3)[C@H](O)[C@@H](O)[C@@H]1O. The molecule has 2 heterocycles. The minimum atomic E-state index is -1.44. The molecule has 3 aliphatic rings. The third-order valence-corrected chi connectivity index (χ3v) is 7.32. The Morgan fingerprint density at radius 2 is 1.79 bits per heavy atom. The topological polar surface area (TPSA) is 109 Å². The monoisotopic (exact) mass is 476 g/mol. The van der Waals surface area contributed by atoms with Crippen LogP contribution in [-0.4, -0.2) is 64.2 Å². The molecular weight excluding hydrogens is 448 g/mol. The Labute approximate surface area is 197 Å². The summed E-state index contributed by atoms with van der Waals surface area (Å²) >= 11 is 6.70. The van der Waals surface area contributed by atoms with E-state index in [9.17, 15) is 20.4 Å². The first kappa shape index (κ1) is 22.9. The largest absolute Gasteiger partial charge is 0.491 e. The molecule has 0 spiro atoms. The van der Waals surface area contributed by atoms with Crippen LogP contribution in [0.1, 0.15) is 47.6 Å². The lowest BCUT2D eigenvalue weighted by molar-refractivity contribution is -0.231. The van der Waals surface area contributed by atoms with Crippen LogP contribution in [-0.2, 0) is 17.6 Å². The lowest BCUT2D eigenvalue weighted by Gasteiger charge is -2.40. The highest BCUT2D eigenvalue weighted by molar-refractivity contribution is 6.33. The van der Waals surface area contributed by atoms with Crippen LogP contribution in [0.3, 0.4) is 0 Å². The van der Waals surface area contributed by atoms with Crippen molar-refractivity contribution in [3.8, 4) is 11.5 Å². The van der Waals surface area contributed by atoms with Gasteiger partial charge in [0.05, 0.1) is 24.3 Å². The molecule has 1 aliphatic carbocycles. The second kappa shape index (κ2) is 9.41. The fourth-order valence-corrected chi connectivity index (χ4v) is 5.03. The highest BCUT2D eigenvalue weighted by Crippen LogP contribution is 2.44. The van der Waals surface area contributed by atoms with Crippen LogP contribution in [0.25, 0.3) is 0 Å². The molecule has 0 unspecified atom stereocenters. The van der Waals surface area contributed by atoms with Gasteiger partial charge in [0.1, 0.15) is 42.0 Å². The van der Waals surface area contributed by atoms with Crippen molar-refractivity contribution in [2.45, 2.75) is 68.7 Å². The normalized spacial score (nSPS) is 29.3. The molecule has 4 N–H and O–H groups in total. The highest BCUT2D eigenvalue weighted by Gasteiger charge is 2.45. The molecule has 0 aromatic heterocycles. The van der Waals surface area contributed by atoms with Crippen LogP contribution >= 0.6 is 11.6 Å². The van der Waals surface area contributed by atoms with E-state index in [1.54, 1.807) is 0 Å². The number of halogens is 1. The molecule has 33 heavy (non-hydrogen) atoms. The van der Waals surface area contributed by atoms with E-state index in [2.05, 4.69) is 0 Å². The van der Waals surface area contributed by atoms with E-state index in [0.29, 0.717) is 41.9 Å². The Kier molecular flexibility index (Phi) is 6.53. The van der Waals surface area contributed by atoms with Gasteiger partial charge >= 0.3 is 0 Å². The number of ether oxygens (including phenoxy) is 3. The quantitative estimate of drug-likeness (QED) is 0.506. The summed E-state index contributed by atoms with van der Waals surface area (Å²) in [7, 11) is 0. The average molecular weight is 477 g/mol. The molecule has 0 bridgehead atoms. The molecule has 5 atom stereocenters. The van der Waals surface area contributed by atoms with E-state index in [0.717, 1.165) is 35.3 Å². The van der Waals surface area contributed by atoms with Crippen LogP contribution in [0.15, 0.2) is 30.3 Å². The third-order valence-electron chi connectivity index (χ3n) is 6.90. The van der Waals surface area contributed by atoms with Gasteiger partial charge in [-0.2, -0.15) is 0 Å². The number of hydrogen-bond donors (Lipinski definition) is 4. The molecule has 0 amide bonds. The number of benzene rings is 2. The van der Waals surface area contributed by atoms with Crippen LogP contribution < -0.4 is 9.47 Å². The number of aliphatic hydroxyl groups is 4. The zero-order valence-corrected chi connectivity index (χ0v) is 18.9. The van der Waals surface area contributed by atoms with E-state index in [1.165, 1.54) is 6.42 Å². The summed E-state index contributed by atoms with van der Waals surface area (Å²) in [5.74, 6) is 1.42. The Balaban J connectivity index is 1.44. The molecule has 5 rings (SSSR count). The summed E-state index contributed by atoms with van der Waals surface area (Å²) in [4.78, 5) is 0. The molecule has 178 valence electrons. The number of fused-ring (bicyclic) bond motifs is 1. The molecule has 2 aromatic rings. The summed E-state index contributed by atoms with van der Waals surface area (Å²) in [6.45, 7) is -0.0218. The van der Waals surface area contributed by atoms with Crippen LogP contribution in [0.4, 0.5) is 0 Å². The second-order valence-corrected chi connectivity index (χ2v) is 9.46. The van der Waals surface area contributed by atoms with Crippen molar-refractivity contribution in [2.24, 2.45) is 0 Å². The Morgan fingerprint density at radius 3 is 2.45 bits per heavy atom. The fourth-order valence-electron chi connectivity index (χ4n) is 4.74. The van der Waals surface area contributed by atoms with Crippen molar-refractivity contribution in [1.29, 1.82) is 0 Å². The molecular formula is C25H29ClO7. The van der Waals surface area contributed by atoms with Gasteiger partial charge in [-0.3, -0.25) is 0 Å². The molecule has 8 heteroatoms. The van der Waals surface area contributed by atoms with Gasteiger partial charge in [-0.15, -0.1) is 0 Å². The Hall–Kier alpha value is -1.87. The third kappa shape index (κ3) is 4.34. The van der Waals surface area contributed by atoms with Gasteiger partial charge < -0.3 is 34.6 Å². The predicted molar refractivity (Wildman–Crippen MR) is 121 cm³/mol. The smallest absolute Gasteiger partial charge is 0.141 e. The van der Waals surface area contributed by atoms with E-state index >= 15 is 0 Å². The van der Waals surface area contributed by atoms with Crippen molar-refractivity contribution >= 4 is 11.6 Å². The van der Waals surface area contributed by atoms with Gasteiger partial charge in [-0.25, -0.2) is 0 Å². The van der Waals surface area contributed by atoms with E-state index in [1.807, 2.05) is 30.3 Å². The standard InChI is InChI=1S/C25H29ClO7/c26-20-14(10-13-4-6-16(7-5-13)32-15-2-1-3-15)11-18(17-8-9-31-24(17)20)25-23(30)22(29)21(28)19(12-27)33-25/h4-7,11,15,19,21-23,25,27-30H,1-3,8-10,12H2/t19-,21-,22+,23-,25+/m1/s1. The second-order valence-electron chi connectivity index (χ2n) is 9.09. The molecule has 2 aliphatic heterocycles. The summed E-state index contributed by atoms with van der Waals surface area (Å²) in [5.41, 5.74) is 3.31. The zero-order chi connectivity index (χ0) is 23.1.